The first-order chi connectivity index (χ1) is 14.1. The third kappa shape index (κ3) is 6.31. The van der Waals surface area contributed by atoms with Crippen LogP contribution in [0.1, 0.15) is 59.4 Å². The van der Waals surface area contributed by atoms with Crippen molar-refractivity contribution in [3.8, 4) is 0 Å². The highest BCUT2D eigenvalue weighted by atomic mass is 16.2. The molecule has 1 N–H and O–H groups in total. The highest BCUT2D eigenvalue weighted by molar-refractivity contribution is 5.82. The first kappa shape index (κ1) is 23.3. The van der Waals surface area contributed by atoms with E-state index >= 15 is 0 Å². The highest BCUT2D eigenvalue weighted by Crippen LogP contribution is 2.38. The maximum Gasteiger partial charge on any atom is 0.237 e. The Bertz CT molecular complexity index is 681. The van der Waals surface area contributed by atoms with E-state index in [9.17, 15) is 4.79 Å². The van der Waals surface area contributed by atoms with Crippen LogP contribution in [0, 0.1) is 23.2 Å². The zero-order valence-electron chi connectivity index (χ0n) is 20.0. The number of carbonyl (C=O) groups excluding carboxylic acids is 1. The van der Waals surface area contributed by atoms with Gasteiger partial charge >= 0.3 is 0 Å². The Kier molecular flexibility index (Phi) is 7.62. The van der Waals surface area contributed by atoms with Crippen LogP contribution < -0.4 is 5.32 Å². The molecule has 1 aliphatic carbocycles. The Morgan fingerprint density at radius 1 is 1.17 bits per heavy atom. The molecule has 4 atom stereocenters. The smallest absolute Gasteiger partial charge is 0.237 e. The summed E-state index contributed by atoms with van der Waals surface area (Å²) >= 11 is 0. The second kappa shape index (κ2) is 9.82. The van der Waals surface area contributed by atoms with Crippen LogP contribution in [0.2, 0.25) is 0 Å². The largest absolute Gasteiger partial charge is 0.352 e. The number of nitrogens with zero attached hydrogens (tertiary/aromatic N) is 2. The van der Waals surface area contributed by atoms with Gasteiger partial charge in [-0.1, -0.05) is 65.0 Å². The fourth-order valence-corrected chi connectivity index (χ4v) is 5.58. The van der Waals surface area contributed by atoms with Crippen LogP contribution in [0.5, 0.6) is 0 Å². The van der Waals surface area contributed by atoms with Crippen LogP contribution in [0.25, 0.3) is 0 Å². The van der Waals surface area contributed by atoms with Gasteiger partial charge in [-0.3, -0.25) is 14.6 Å². The Hall–Kier alpha value is -1.39. The normalized spacial score (nSPS) is 25.7. The van der Waals surface area contributed by atoms with Gasteiger partial charge in [0.15, 0.2) is 0 Å². The topological polar surface area (TPSA) is 35.6 Å². The van der Waals surface area contributed by atoms with Gasteiger partial charge in [-0.25, -0.2) is 0 Å². The number of likely N-dealkylation sites (N-methyl/N-ethyl adjacent to an activating group) is 1. The maximum atomic E-state index is 13.4. The molecule has 168 valence electrons. The van der Waals surface area contributed by atoms with E-state index < -0.39 is 0 Å². The van der Waals surface area contributed by atoms with Crippen LogP contribution in [0.4, 0.5) is 0 Å². The fraction of sp³-hybridized carbons (Fsp3) is 0.731. The van der Waals surface area contributed by atoms with Crippen molar-refractivity contribution < 1.29 is 4.79 Å². The summed E-state index contributed by atoms with van der Waals surface area (Å²) in [5.41, 5.74) is 1.57. The molecule has 1 saturated carbocycles. The van der Waals surface area contributed by atoms with E-state index in [2.05, 4.69) is 87.1 Å². The molecule has 0 bridgehead atoms. The number of rotatable bonds is 8. The molecule has 2 fully saturated rings. The minimum Gasteiger partial charge on any atom is -0.352 e. The van der Waals surface area contributed by atoms with Crippen molar-refractivity contribution in [2.24, 2.45) is 23.2 Å². The maximum absolute atomic E-state index is 13.4. The standard InChI is InChI=1S/C26H43N3O/c1-19(2)14-24(28(6)18-26(3,4)5)25(30)27-23-13-12-21-16-29(17-22(21)23)15-20-10-8-7-9-11-20/h7-11,19,21-24H,12-18H2,1-6H3,(H,27,30)/t21-,22?,23?,24-/m0/s1. The van der Waals surface area contributed by atoms with E-state index in [0.717, 1.165) is 38.4 Å². The quantitative estimate of drug-likeness (QED) is 0.686. The zero-order chi connectivity index (χ0) is 21.9. The summed E-state index contributed by atoms with van der Waals surface area (Å²) in [6, 6.07) is 11.1. The van der Waals surface area contributed by atoms with Crippen molar-refractivity contribution in [3.63, 3.8) is 0 Å². The van der Waals surface area contributed by atoms with E-state index in [-0.39, 0.29) is 17.4 Å². The number of fused-ring (bicyclic) bond motifs is 1. The van der Waals surface area contributed by atoms with Gasteiger partial charge in [0.2, 0.25) is 5.91 Å². The first-order valence-electron chi connectivity index (χ1n) is 11.9. The highest BCUT2D eigenvalue weighted by Gasteiger charge is 2.43. The van der Waals surface area contributed by atoms with Gasteiger partial charge in [0.1, 0.15) is 0 Å². The van der Waals surface area contributed by atoms with Gasteiger partial charge in [-0.15, -0.1) is 0 Å². The molecule has 30 heavy (non-hydrogen) atoms. The molecule has 0 radical (unpaired) electrons. The van der Waals surface area contributed by atoms with Crippen LogP contribution in [-0.4, -0.2) is 54.5 Å². The van der Waals surface area contributed by atoms with Crippen molar-refractivity contribution in [1.82, 2.24) is 15.1 Å². The Morgan fingerprint density at radius 2 is 1.87 bits per heavy atom. The predicted octanol–water partition coefficient (Wildman–Crippen LogP) is 4.41. The van der Waals surface area contributed by atoms with Crippen LogP contribution in [-0.2, 0) is 11.3 Å². The van der Waals surface area contributed by atoms with Gasteiger partial charge in [0.25, 0.3) is 0 Å². The van der Waals surface area contributed by atoms with E-state index in [1.165, 1.54) is 18.5 Å². The third-order valence-corrected chi connectivity index (χ3v) is 6.76. The van der Waals surface area contributed by atoms with E-state index in [1.807, 2.05) is 0 Å². The summed E-state index contributed by atoms with van der Waals surface area (Å²) in [7, 11) is 2.12. The molecule has 1 aromatic carbocycles. The molecule has 1 aromatic rings. The monoisotopic (exact) mass is 413 g/mol. The second-order valence-corrected chi connectivity index (χ2v) is 11.4. The molecule has 1 heterocycles. The van der Waals surface area contributed by atoms with Gasteiger partial charge in [0, 0.05) is 32.2 Å². The number of amides is 1. The average molecular weight is 414 g/mol. The Balaban J connectivity index is 1.59. The molecule has 3 rings (SSSR count). The SMILES string of the molecule is CC(C)C[C@@H](C(=O)NC1CC[C@H]2CN(Cc3ccccc3)CC12)N(C)CC(C)(C)C. The molecule has 1 saturated heterocycles. The van der Waals surface area contributed by atoms with E-state index in [1.54, 1.807) is 0 Å². The van der Waals surface area contributed by atoms with Crippen molar-refractivity contribution >= 4 is 5.91 Å². The molecule has 1 aliphatic heterocycles. The summed E-state index contributed by atoms with van der Waals surface area (Å²) in [5, 5.41) is 3.50. The molecule has 4 heteroatoms. The van der Waals surface area contributed by atoms with Crippen LogP contribution in [0.3, 0.4) is 0 Å². The van der Waals surface area contributed by atoms with Crippen LogP contribution in [0.15, 0.2) is 30.3 Å². The summed E-state index contributed by atoms with van der Waals surface area (Å²) in [5.74, 6) is 2.08. The van der Waals surface area contributed by atoms with Crippen molar-refractivity contribution in [1.29, 1.82) is 0 Å². The first-order valence-corrected chi connectivity index (χ1v) is 11.9. The predicted molar refractivity (Wildman–Crippen MR) is 125 cm³/mol. The molecular weight excluding hydrogens is 370 g/mol. The van der Waals surface area contributed by atoms with Gasteiger partial charge in [0.05, 0.1) is 6.04 Å². The lowest BCUT2D eigenvalue weighted by molar-refractivity contribution is -0.128. The van der Waals surface area contributed by atoms with Crippen molar-refractivity contribution in [2.45, 2.75) is 72.5 Å². The molecule has 1 amide bonds. The average Bonchev–Trinajstić information content (AvgIpc) is 3.20. The summed E-state index contributed by atoms with van der Waals surface area (Å²) in [6.45, 7) is 15.4. The second-order valence-electron chi connectivity index (χ2n) is 11.4. The molecule has 0 aromatic heterocycles. The van der Waals surface area contributed by atoms with Gasteiger partial charge in [-0.05, 0) is 55.0 Å². The lowest BCUT2D eigenvalue weighted by atomic mass is 9.93. The fourth-order valence-electron chi connectivity index (χ4n) is 5.58. The number of likely N-dealkylation sites (tertiary alicyclic amines) is 1. The van der Waals surface area contributed by atoms with Gasteiger partial charge < -0.3 is 5.32 Å². The Labute approximate surface area is 184 Å². The number of hydrogen-bond acceptors (Lipinski definition) is 3. The summed E-state index contributed by atoms with van der Waals surface area (Å²) in [6.07, 6.45) is 3.30. The lowest BCUT2D eigenvalue weighted by Gasteiger charge is -2.34. The minimum absolute atomic E-state index is 0.0369. The number of benzene rings is 1. The van der Waals surface area contributed by atoms with Crippen LogP contribution >= 0.6 is 0 Å². The summed E-state index contributed by atoms with van der Waals surface area (Å²) in [4.78, 5) is 18.2. The van der Waals surface area contributed by atoms with Crippen molar-refractivity contribution in [2.75, 3.05) is 26.7 Å². The molecule has 0 spiro atoms. The van der Waals surface area contributed by atoms with Gasteiger partial charge in [-0.2, -0.15) is 0 Å². The molecule has 2 unspecified atom stereocenters. The molecule has 4 nitrogen and oxygen atoms in total. The lowest BCUT2D eigenvalue weighted by Crippen LogP contribution is -2.51. The number of nitrogens with one attached hydrogen (secondary N) is 1. The third-order valence-electron chi connectivity index (χ3n) is 6.76. The number of carbonyl (C=O) groups is 1. The minimum atomic E-state index is -0.0369. The van der Waals surface area contributed by atoms with Crippen molar-refractivity contribution in [3.05, 3.63) is 35.9 Å². The van der Waals surface area contributed by atoms with E-state index in [4.69, 9.17) is 0 Å². The molecule has 2 aliphatic rings. The number of hydrogen-bond donors (Lipinski definition) is 1. The molecular formula is C26H43N3O. The van der Waals surface area contributed by atoms with E-state index in [0.29, 0.717) is 17.9 Å². The summed E-state index contributed by atoms with van der Waals surface area (Å²) < 4.78 is 0. The Morgan fingerprint density at radius 3 is 2.50 bits per heavy atom. The zero-order valence-corrected chi connectivity index (χ0v) is 20.0.